The zero-order valence-corrected chi connectivity index (χ0v) is 18.1. The molecule has 29 heavy (non-hydrogen) atoms. The Balaban J connectivity index is 1.73. The number of Topliss-reactive ketones (excluding diaryl/α,β-unsaturated/α-hetero) is 1. The second kappa shape index (κ2) is 7.89. The molecule has 3 aromatic rings. The Morgan fingerprint density at radius 1 is 1.38 bits per heavy atom. The minimum Gasteiger partial charge on any atom is -0.370 e. The number of thioether (sulfide) groups is 1. The first-order valence-corrected chi connectivity index (χ1v) is 11.2. The van der Waals surface area contributed by atoms with E-state index in [0.29, 0.717) is 35.7 Å². The van der Waals surface area contributed by atoms with Crippen molar-refractivity contribution >= 4 is 39.1 Å². The average molecular weight is 427 g/mol. The van der Waals surface area contributed by atoms with Crippen molar-refractivity contribution in [2.45, 2.75) is 44.2 Å². The highest BCUT2D eigenvalue weighted by Crippen LogP contribution is 2.37. The maximum absolute atomic E-state index is 13.3. The Morgan fingerprint density at radius 3 is 2.86 bits per heavy atom. The largest absolute Gasteiger partial charge is 0.370 e. The minimum absolute atomic E-state index is 0.00993. The van der Waals surface area contributed by atoms with Gasteiger partial charge in [-0.1, -0.05) is 48.2 Å². The Kier molecular flexibility index (Phi) is 5.46. The number of hydrogen-bond donors (Lipinski definition) is 0. The number of ketones is 1. The zero-order chi connectivity index (χ0) is 20.6. The van der Waals surface area contributed by atoms with E-state index in [1.54, 1.807) is 22.8 Å². The second-order valence-electron chi connectivity index (χ2n) is 7.59. The van der Waals surface area contributed by atoms with Crippen molar-refractivity contribution in [1.82, 2.24) is 9.55 Å². The lowest BCUT2D eigenvalue weighted by Gasteiger charge is -2.29. The predicted octanol–water partition coefficient (Wildman–Crippen LogP) is 4.47. The molecule has 5 nitrogen and oxygen atoms in total. The fraction of sp³-hybridized carbons (Fsp3) is 0.318. The summed E-state index contributed by atoms with van der Waals surface area (Å²) < 4.78 is 7.52. The van der Waals surface area contributed by atoms with E-state index in [9.17, 15) is 9.59 Å². The summed E-state index contributed by atoms with van der Waals surface area (Å²) in [5, 5.41) is 1.23. The molecule has 7 heteroatoms. The van der Waals surface area contributed by atoms with Gasteiger partial charge in [-0.15, -0.1) is 17.9 Å². The fourth-order valence-electron chi connectivity index (χ4n) is 3.45. The van der Waals surface area contributed by atoms with E-state index in [4.69, 9.17) is 9.72 Å². The minimum atomic E-state index is -0.299. The number of fused-ring (bicyclic) bond motifs is 3. The highest BCUT2D eigenvalue weighted by Gasteiger charge is 2.31. The molecule has 0 amide bonds. The Bertz CT molecular complexity index is 1150. The van der Waals surface area contributed by atoms with Crippen molar-refractivity contribution in [3.8, 4) is 0 Å². The molecule has 0 saturated heterocycles. The normalized spacial score (nSPS) is 15.2. The molecule has 0 saturated carbocycles. The van der Waals surface area contributed by atoms with Gasteiger partial charge in [0.25, 0.3) is 5.56 Å². The van der Waals surface area contributed by atoms with Gasteiger partial charge in [0.05, 0.1) is 23.3 Å². The number of allylic oxidation sites excluding steroid dienone is 1. The van der Waals surface area contributed by atoms with Crippen molar-refractivity contribution in [3.63, 3.8) is 0 Å². The summed E-state index contributed by atoms with van der Waals surface area (Å²) in [6, 6.07) is 9.16. The van der Waals surface area contributed by atoms with E-state index >= 15 is 0 Å². The Hall–Kier alpha value is -2.22. The highest BCUT2D eigenvalue weighted by atomic mass is 32.2. The van der Waals surface area contributed by atoms with Gasteiger partial charge in [-0.05, 0) is 19.4 Å². The molecule has 1 aliphatic rings. The number of rotatable bonds is 6. The van der Waals surface area contributed by atoms with Crippen LogP contribution in [0.4, 0.5) is 0 Å². The zero-order valence-electron chi connectivity index (χ0n) is 16.4. The predicted molar refractivity (Wildman–Crippen MR) is 118 cm³/mol. The smallest absolute Gasteiger partial charge is 0.263 e. The van der Waals surface area contributed by atoms with Crippen LogP contribution in [0, 0.1) is 0 Å². The summed E-state index contributed by atoms with van der Waals surface area (Å²) in [5.74, 6) is 0.232. The quantitative estimate of drug-likeness (QED) is 0.252. The van der Waals surface area contributed by atoms with Crippen molar-refractivity contribution < 1.29 is 9.53 Å². The second-order valence-corrected chi connectivity index (χ2v) is 9.61. The summed E-state index contributed by atoms with van der Waals surface area (Å²) >= 11 is 2.81. The first-order valence-electron chi connectivity index (χ1n) is 9.40. The molecular formula is C22H22N2O3S2. The van der Waals surface area contributed by atoms with Crippen LogP contribution in [0.3, 0.4) is 0 Å². The molecule has 3 heterocycles. The maximum atomic E-state index is 13.3. The van der Waals surface area contributed by atoms with Crippen molar-refractivity contribution in [2.24, 2.45) is 0 Å². The van der Waals surface area contributed by atoms with Crippen LogP contribution in [0.2, 0.25) is 0 Å². The van der Waals surface area contributed by atoms with E-state index in [0.717, 1.165) is 15.3 Å². The molecule has 2 aromatic heterocycles. The molecule has 0 unspecified atom stereocenters. The topological polar surface area (TPSA) is 61.2 Å². The third kappa shape index (κ3) is 3.95. The number of nitrogens with zero attached hydrogens (tertiary/aromatic N) is 2. The van der Waals surface area contributed by atoms with Gasteiger partial charge in [0.15, 0.2) is 10.9 Å². The molecule has 0 atom stereocenters. The molecule has 1 aliphatic heterocycles. The van der Waals surface area contributed by atoms with Gasteiger partial charge < -0.3 is 4.74 Å². The average Bonchev–Trinajstić information content (AvgIpc) is 3.05. The van der Waals surface area contributed by atoms with Gasteiger partial charge >= 0.3 is 0 Å². The van der Waals surface area contributed by atoms with Gasteiger partial charge in [0.1, 0.15) is 4.83 Å². The third-order valence-corrected chi connectivity index (χ3v) is 6.97. The molecule has 0 bridgehead atoms. The van der Waals surface area contributed by atoms with Crippen LogP contribution in [0.5, 0.6) is 0 Å². The van der Waals surface area contributed by atoms with E-state index in [1.807, 2.05) is 32.0 Å². The van der Waals surface area contributed by atoms with Crippen LogP contribution in [-0.2, 0) is 24.3 Å². The van der Waals surface area contributed by atoms with E-state index in [1.165, 1.54) is 23.1 Å². The van der Waals surface area contributed by atoms with E-state index in [-0.39, 0.29) is 22.7 Å². The number of hydrogen-bond acceptors (Lipinski definition) is 6. The monoisotopic (exact) mass is 426 g/mol. The SMILES string of the molecule is C=CCn1c(SCC(=O)c2ccccc2)nc2sc3c(c2c1=O)CC(C)(C)OC3. The molecule has 1 aromatic carbocycles. The summed E-state index contributed by atoms with van der Waals surface area (Å²) in [6.07, 6.45) is 2.37. The number of carbonyl (C=O) groups excluding carboxylic acids is 1. The summed E-state index contributed by atoms with van der Waals surface area (Å²) in [5.41, 5.74) is 1.34. The standard InChI is InChI=1S/C22H22N2O3S2/c1-4-10-24-20(26)18-15-11-22(2,3)27-12-17(15)29-19(18)23-21(24)28-13-16(25)14-8-6-5-7-9-14/h4-9H,1,10-13H2,2-3H3. The molecule has 0 N–H and O–H groups in total. The first-order chi connectivity index (χ1) is 13.9. The fourth-order valence-corrected chi connectivity index (χ4v) is 5.49. The number of thiophene rings is 1. The van der Waals surface area contributed by atoms with Gasteiger partial charge in [-0.2, -0.15) is 0 Å². The van der Waals surface area contributed by atoms with Crippen LogP contribution < -0.4 is 5.56 Å². The first kappa shape index (κ1) is 20.1. The highest BCUT2D eigenvalue weighted by molar-refractivity contribution is 7.99. The molecular weight excluding hydrogens is 404 g/mol. The van der Waals surface area contributed by atoms with Crippen molar-refractivity contribution in [3.05, 3.63) is 69.3 Å². The lowest BCUT2D eigenvalue weighted by atomic mass is 9.94. The van der Waals surface area contributed by atoms with Crippen LogP contribution in [0.25, 0.3) is 10.2 Å². The van der Waals surface area contributed by atoms with Gasteiger partial charge in [-0.25, -0.2) is 4.98 Å². The van der Waals surface area contributed by atoms with Gasteiger partial charge in [0, 0.05) is 23.4 Å². The van der Waals surface area contributed by atoms with E-state index in [2.05, 4.69) is 6.58 Å². The lowest BCUT2D eigenvalue weighted by Crippen LogP contribution is -2.32. The molecule has 0 aliphatic carbocycles. The van der Waals surface area contributed by atoms with Gasteiger partial charge in [-0.3, -0.25) is 14.2 Å². The Labute approximate surface area is 177 Å². The summed E-state index contributed by atoms with van der Waals surface area (Å²) in [4.78, 5) is 32.4. The number of ether oxygens (including phenoxy) is 1. The molecule has 0 fully saturated rings. The third-order valence-electron chi connectivity index (χ3n) is 4.90. The van der Waals surface area contributed by atoms with Crippen LogP contribution in [0.15, 0.2) is 52.9 Å². The van der Waals surface area contributed by atoms with Crippen LogP contribution in [-0.4, -0.2) is 26.7 Å². The Morgan fingerprint density at radius 2 is 2.14 bits per heavy atom. The molecule has 150 valence electrons. The van der Waals surface area contributed by atoms with Crippen LogP contribution in [0.1, 0.15) is 34.6 Å². The summed E-state index contributed by atoms with van der Waals surface area (Å²) in [6.45, 7) is 8.71. The maximum Gasteiger partial charge on any atom is 0.263 e. The van der Waals surface area contributed by atoms with Crippen molar-refractivity contribution in [1.29, 1.82) is 0 Å². The van der Waals surface area contributed by atoms with Gasteiger partial charge in [0.2, 0.25) is 0 Å². The number of carbonyl (C=O) groups is 1. The number of benzene rings is 1. The van der Waals surface area contributed by atoms with E-state index < -0.39 is 0 Å². The van der Waals surface area contributed by atoms with Crippen molar-refractivity contribution in [2.75, 3.05) is 5.75 Å². The summed E-state index contributed by atoms with van der Waals surface area (Å²) in [7, 11) is 0. The van der Waals surface area contributed by atoms with Crippen LogP contribution >= 0.6 is 23.1 Å². The molecule has 0 radical (unpaired) electrons. The lowest BCUT2D eigenvalue weighted by molar-refractivity contribution is -0.0379. The molecule has 0 spiro atoms. The molecule has 4 rings (SSSR count). The number of aromatic nitrogens is 2.